The van der Waals surface area contributed by atoms with Gasteiger partial charge in [0.25, 0.3) is 0 Å². The van der Waals surface area contributed by atoms with Crippen LogP contribution >= 0.6 is 0 Å². The lowest BCUT2D eigenvalue weighted by molar-refractivity contribution is -0.120. The summed E-state index contributed by atoms with van der Waals surface area (Å²) in [6.45, 7) is 6.44. The standard InChI is InChI=1S/C16H25NO3/c1-16(2,3)14(18)9-10-17-15(19)11-12-5-7-13(20-4)8-6-12/h5-8,14,18H,9-11H2,1-4H3,(H,17,19). The van der Waals surface area contributed by atoms with Crippen molar-refractivity contribution < 1.29 is 14.6 Å². The number of aliphatic hydroxyl groups is 1. The van der Waals surface area contributed by atoms with Crippen LogP contribution in [0.25, 0.3) is 0 Å². The molecule has 0 saturated heterocycles. The van der Waals surface area contributed by atoms with E-state index in [2.05, 4.69) is 5.32 Å². The first-order valence-corrected chi connectivity index (χ1v) is 6.90. The Bertz CT molecular complexity index is 420. The minimum absolute atomic E-state index is 0.0312. The molecule has 4 heteroatoms. The van der Waals surface area contributed by atoms with Crippen molar-refractivity contribution in [1.82, 2.24) is 5.32 Å². The number of nitrogens with one attached hydrogen (secondary N) is 1. The molecule has 1 atom stereocenters. The Kier molecular flexibility index (Phi) is 6.02. The third-order valence-electron chi connectivity index (χ3n) is 3.26. The van der Waals surface area contributed by atoms with Gasteiger partial charge in [0.15, 0.2) is 0 Å². The lowest BCUT2D eigenvalue weighted by Gasteiger charge is -2.25. The average Bonchev–Trinajstić information content (AvgIpc) is 2.38. The highest BCUT2D eigenvalue weighted by atomic mass is 16.5. The highest BCUT2D eigenvalue weighted by Gasteiger charge is 2.21. The number of aliphatic hydroxyl groups excluding tert-OH is 1. The van der Waals surface area contributed by atoms with Crippen LogP contribution in [0.15, 0.2) is 24.3 Å². The van der Waals surface area contributed by atoms with Gasteiger partial charge in [0, 0.05) is 6.54 Å². The Morgan fingerprint density at radius 3 is 2.40 bits per heavy atom. The normalized spacial score (nSPS) is 12.8. The van der Waals surface area contributed by atoms with Crippen molar-refractivity contribution in [1.29, 1.82) is 0 Å². The van der Waals surface area contributed by atoms with Crippen LogP contribution in [0.1, 0.15) is 32.8 Å². The maximum absolute atomic E-state index is 11.8. The first kappa shape index (κ1) is 16.5. The van der Waals surface area contributed by atoms with Crippen molar-refractivity contribution in [3.63, 3.8) is 0 Å². The van der Waals surface area contributed by atoms with Gasteiger partial charge in [0.2, 0.25) is 5.91 Å². The molecule has 0 aliphatic rings. The van der Waals surface area contributed by atoms with Crippen LogP contribution in [0.2, 0.25) is 0 Å². The van der Waals surface area contributed by atoms with Crippen molar-refractivity contribution >= 4 is 5.91 Å². The SMILES string of the molecule is COc1ccc(CC(=O)NCCC(O)C(C)(C)C)cc1. The van der Waals surface area contributed by atoms with Gasteiger partial charge in [0.05, 0.1) is 19.6 Å². The number of benzene rings is 1. The molecule has 4 nitrogen and oxygen atoms in total. The van der Waals surface area contributed by atoms with Crippen LogP contribution in [-0.2, 0) is 11.2 Å². The number of ether oxygens (including phenoxy) is 1. The van der Waals surface area contributed by atoms with Crippen LogP contribution in [0.3, 0.4) is 0 Å². The van der Waals surface area contributed by atoms with Gasteiger partial charge in [-0.15, -0.1) is 0 Å². The van der Waals surface area contributed by atoms with Gasteiger partial charge in [-0.2, -0.15) is 0 Å². The van der Waals surface area contributed by atoms with Gasteiger partial charge >= 0.3 is 0 Å². The van der Waals surface area contributed by atoms with Crippen molar-refractivity contribution in [2.45, 2.75) is 39.7 Å². The molecule has 1 aromatic carbocycles. The van der Waals surface area contributed by atoms with Gasteiger partial charge < -0.3 is 15.2 Å². The van der Waals surface area contributed by atoms with E-state index in [-0.39, 0.29) is 11.3 Å². The monoisotopic (exact) mass is 279 g/mol. The number of methoxy groups -OCH3 is 1. The van der Waals surface area contributed by atoms with Crippen molar-refractivity contribution in [3.05, 3.63) is 29.8 Å². The molecule has 1 rings (SSSR count). The quantitative estimate of drug-likeness (QED) is 0.839. The minimum Gasteiger partial charge on any atom is -0.497 e. The largest absolute Gasteiger partial charge is 0.497 e. The summed E-state index contributed by atoms with van der Waals surface area (Å²) < 4.78 is 5.07. The molecule has 20 heavy (non-hydrogen) atoms. The summed E-state index contributed by atoms with van der Waals surface area (Å²) in [7, 11) is 1.61. The maximum Gasteiger partial charge on any atom is 0.224 e. The molecule has 0 aliphatic heterocycles. The molecule has 0 bridgehead atoms. The third kappa shape index (κ3) is 5.61. The number of hydrogen-bond donors (Lipinski definition) is 2. The Labute approximate surface area is 121 Å². The van der Waals surface area contributed by atoms with E-state index in [1.165, 1.54) is 0 Å². The van der Waals surface area contributed by atoms with Crippen LogP contribution in [0, 0.1) is 5.41 Å². The lowest BCUT2D eigenvalue weighted by Crippen LogP contribution is -2.33. The van der Waals surface area contributed by atoms with Crippen molar-refractivity contribution in [2.75, 3.05) is 13.7 Å². The zero-order chi connectivity index (χ0) is 15.2. The number of carbonyl (C=O) groups is 1. The molecule has 2 N–H and O–H groups in total. The summed E-state index contributed by atoms with van der Waals surface area (Å²) in [5, 5.41) is 12.7. The maximum atomic E-state index is 11.8. The molecule has 0 saturated carbocycles. The fourth-order valence-corrected chi connectivity index (χ4v) is 1.77. The Morgan fingerprint density at radius 1 is 1.30 bits per heavy atom. The Hall–Kier alpha value is -1.55. The molecule has 0 spiro atoms. The van der Waals surface area contributed by atoms with Crippen LogP contribution in [0.4, 0.5) is 0 Å². The van der Waals surface area contributed by atoms with Gasteiger partial charge in [0.1, 0.15) is 5.75 Å². The second kappa shape index (κ2) is 7.29. The Morgan fingerprint density at radius 2 is 1.90 bits per heavy atom. The summed E-state index contributed by atoms with van der Waals surface area (Å²) >= 11 is 0. The molecular weight excluding hydrogens is 254 g/mol. The second-order valence-electron chi connectivity index (χ2n) is 6.05. The van der Waals surface area contributed by atoms with E-state index in [0.717, 1.165) is 11.3 Å². The molecule has 1 amide bonds. The van der Waals surface area contributed by atoms with E-state index in [4.69, 9.17) is 4.74 Å². The van der Waals surface area contributed by atoms with E-state index < -0.39 is 6.10 Å². The first-order chi connectivity index (χ1) is 9.32. The van der Waals surface area contributed by atoms with Crippen molar-refractivity contribution in [2.24, 2.45) is 5.41 Å². The molecule has 0 radical (unpaired) electrons. The zero-order valence-electron chi connectivity index (χ0n) is 12.8. The van der Waals surface area contributed by atoms with Crippen molar-refractivity contribution in [3.8, 4) is 5.75 Å². The fourth-order valence-electron chi connectivity index (χ4n) is 1.77. The second-order valence-corrected chi connectivity index (χ2v) is 6.05. The van der Waals surface area contributed by atoms with Crippen LogP contribution in [-0.4, -0.2) is 30.8 Å². The Balaban J connectivity index is 2.33. The summed E-state index contributed by atoms with van der Waals surface area (Å²) in [5.41, 5.74) is 0.792. The van der Waals surface area contributed by atoms with E-state index >= 15 is 0 Å². The number of hydrogen-bond acceptors (Lipinski definition) is 3. The fraction of sp³-hybridized carbons (Fsp3) is 0.562. The molecule has 0 aliphatic carbocycles. The summed E-state index contributed by atoms with van der Waals surface area (Å²) in [6.07, 6.45) is 0.497. The molecule has 1 aromatic rings. The van der Waals surface area contributed by atoms with Gasteiger partial charge in [-0.05, 0) is 29.5 Å². The lowest BCUT2D eigenvalue weighted by atomic mass is 9.87. The summed E-state index contributed by atoms with van der Waals surface area (Å²) in [6, 6.07) is 7.43. The number of carbonyl (C=O) groups excluding carboxylic acids is 1. The predicted octanol–water partition coefficient (Wildman–Crippen LogP) is 2.15. The molecule has 0 heterocycles. The van der Waals surface area contributed by atoms with E-state index in [1.54, 1.807) is 7.11 Å². The zero-order valence-corrected chi connectivity index (χ0v) is 12.8. The van der Waals surface area contributed by atoms with E-state index in [9.17, 15) is 9.90 Å². The van der Waals surface area contributed by atoms with E-state index in [1.807, 2.05) is 45.0 Å². The summed E-state index contributed by atoms with van der Waals surface area (Å²) in [5.74, 6) is 0.749. The predicted molar refractivity (Wildman–Crippen MR) is 79.8 cm³/mol. The minimum atomic E-state index is -0.413. The highest BCUT2D eigenvalue weighted by molar-refractivity contribution is 5.78. The molecular formula is C16H25NO3. The number of rotatable bonds is 6. The highest BCUT2D eigenvalue weighted by Crippen LogP contribution is 2.20. The smallest absolute Gasteiger partial charge is 0.224 e. The van der Waals surface area contributed by atoms with Gasteiger partial charge in [-0.1, -0.05) is 32.9 Å². The van der Waals surface area contributed by atoms with Gasteiger partial charge in [-0.25, -0.2) is 0 Å². The molecule has 1 unspecified atom stereocenters. The number of amides is 1. The summed E-state index contributed by atoms with van der Waals surface area (Å²) in [4.78, 5) is 11.8. The molecule has 112 valence electrons. The average molecular weight is 279 g/mol. The molecule has 0 aromatic heterocycles. The van der Waals surface area contributed by atoms with Crippen LogP contribution < -0.4 is 10.1 Å². The first-order valence-electron chi connectivity index (χ1n) is 6.90. The van der Waals surface area contributed by atoms with E-state index in [0.29, 0.717) is 19.4 Å². The van der Waals surface area contributed by atoms with Gasteiger partial charge in [-0.3, -0.25) is 4.79 Å². The third-order valence-corrected chi connectivity index (χ3v) is 3.26. The topological polar surface area (TPSA) is 58.6 Å². The molecule has 0 fully saturated rings. The van der Waals surface area contributed by atoms with Crippen LogP contribution in [0.5, 0.6) is 5.75 Å².